The third-order valence-electron chi connectivity index (χ3n) is 3.05. The lowest BCUT2D eigenvalue weighted by molar-refractivity contribution is -0.131. The molecule has 26 heavy (non-hydrogen) atoms. The molecule has 0 aliphatic rings. The Labute approximate surface area is 150 Å². The van der Waals surface area contributed by atoms with Gasteiger partial charge < -0.3 is 19.7 Å². The molecule has 0 aliphatic heterocycles. The van der Waals surface area contributed by atoms with Gasteiger partial charge in [0.05, 0.1) is 0 Å². The van der Waals surface area contributed by atoms with Gasteiger partial charge in [-0.3, -0.25) is 14.4 Å². The second-order valence-corrected chi connectivity index (χ2v) is 5.10. The fourth-order valence-corrected chi connectivity index (χ4v) is 1.83. The first-order valence-corrected chi connectivity index (χ1v) is 7.61. The molecule has 2 aromatic carbocycles. The van der Waals surface area contributed by atoms with Crippen LogP contribution in [0, 0.1) is 0 Å². The van der Waals surface area contributed by atoms with Crippen molar-refractivity contribution in [3.63, 3.8) is 0 Å². The molecule has 0 amide bonds. The van der Waals surface area contributed by atoms with Crippen LogP contribution in [0.3, 0.4) is 0 Å². The van der Waals surface area contributed by atoms with E-state index in [1.54, 1.807) is 24.3 Å². The molecule has 0 heterocycles. The highest BCUT2D eigenvalue weighted by Gasteiger charge is 2.05. The van der Waals surface area contributed by atoms with E-state index in [1.807, 2.05) is 0 Å². The zero-order valence-electron chi connectivity index (χ0n) is 14.5. The monoisotopic (exact) mass is 360 g/mol. The summed E-state index contributed by atoms with van der Waals surface area (Å²) in [5.74, 6) is -0.293. The Bertz CT molecular complexity index is 733. The van der Waals surface area contributed by atoms with E-state index in [4.69, 9.17) is 19.7 Å². The van der Waals surface area contributed by atoms with Gasteiger partial charge in [0.1, 0.15) is 24.7 Å². The molecule has 0 aliphatic carbocycles. The Hall–Kier alpha value is -3.03. The molecule has 138 valence electrons. The third kappa shape index (κ3) is 7.25. The van der Waals surface area contributed by atoms with Crippen LogP contribution in [0.5, 0.6) is 11.5 Å². The Morgan fingerprint density at radius 3 is 1.85 bits per heavy atom. The van der Waals surface area contributed by atoms with E-state index in [1.165, 1.54) is 38.3 Å². The molecule has 7 nitrogen and oxygen atoms in total. The maximum absolute atomic E-state index is 11.3. The molecule has 7 heteroatoms. The zero-order chi connectivity index (χ0) is 19.5. The van der Waals surface area contributed by atoms with Crippen LogP contribution >= 0.6 is 0 Å². The summed E-state index contributed by atoms with van der Waals surface area (Å²) in [6.07, 6.45) is 0. The number of aliphatic hydroxyl groups is 1. The number of hydrogen-bond donors (Lipinski definition) is 2. The summed E-state index contributed by atoms with van der Waals surface area (Å²) >= 11 is 0. The van der Waals surface area contributed by atoms with Gasteiger partial charge in [0, 0.05) is 25.2 Å². The van der Waals surface area contributed by atoms with E-state index in [9.17, 15) is 14.4 Å². The van der Waals surface area contributed by atoms with Crippen molar-refractivity contribution in [1.29, 1.82) is 0 Å². The second kappa shape index (κ2) is 10.8. The molecule has 2 N–H and O–H groups in total. The maximum Gasteiger partial charge on any atom is 0.308 e. The number of aliphatic hydroxyl groups excluding tert-OH is 1. The smallest absolute Gasteiger partial charge is 0.308 e. The van der Waals surface area contributed by atoms with Crippen molar-refractivity contribution in [3.8, 4) is 11.5 Å². The lowest BCUT2D eigenvalue weighted by Crippen LogP contribution is -2.07. The quantitative estimate of drug-likeness (QED) is 0.460. The van der Waals surface area contributed by atoms with E-state index in [0.29, 0.717) is 16.9 Å². The molecule has 2 rings (SSSR count). The summed E-state index contributed by atoms with van der Waals surface area (Å²) in [5.41, 5.74) is 0.943. The van der Waals surface area contributed by atoms with Crippen molar-refractivity contribution >= 4 is 17.5 Å². The van der Waals surface area contributed by atoms with Crippen molar-refractivity contribution in [2.24, 2.45) is 0 Å². The van der Waals surface area contributed by atoms with Gasteiger partial charge in [-0.2, -0.15) is 0 Å². The summed E-state index contributed by atoms with van der Waals surface area (Å²) in [5, 5.41) is 17.3. The second-order valence-electron chi connectivity index (χ2n) is 5.10. The van der Waals surface area contributed by atoms with E-state index < -0.39 is 6.61 Å². The first-order valence-electron chi connectivity index (χ1n) is 7.61. The van der Waals surface area contributed by atoms with Gasteiger partial charge in [0.2, 0.25) is 0 Å². The fourth-order valence-electron chi connectivity index (χ4n) is 1.83. The number of carbonyl (C=O) groups excluding carboxylic acids is 3. The molecule has 0 unspecified atom stereocenters. The summed E-state index contributed by atoms with van der Waals surface area (Å²) in [6, 6.07) is 12.1. The van der Waals surface area contributed by atoms with Crippen LogP contribution in [0.25, 0.3) is 0 Å². The number of methoxy groups -OCH3 is 1. The Kier molecular flexibility index (Phi) is 8.69. The third-order valence-corrected chi connectivity index (χ3v) is 3.05. The minimum atomic E-state index is -0.495. The molecular formula is C19H20O7. The minimum absolute atomic E-state index is 0.0485. The number of hydrogen-bond acceptors (Lipinski definition) is 7. The van der Waals surface area contributed by atoms with Crippen molar-refractivity contribution in [1.82, 2.24) is 0 Å². The molecule has 0 fully saturated rings. The number of aromatic hydroxyl groups is 1. The predicted octanol–water partition coefficient (Wildman–Crippen LogP) is 2.01. The van der Waals surface area contributed by atoms with Crippen LogP contribution < -0.4 is 4.74 Å². The molecule has 0 atom stereocenters. The van der Waals surface area contributed by atoms with Gasteiger partial charge in [-0.1, -0.05) is 0 Å². The van der Waals surface area contributed by atoms with Crippen LogP contribution in [-0.2, 0) is 9.53 Å². The molecule has 0 aromatic heterocycles. The minimum Gasteiger partial charge on any atom is -0.508 e. The van der Waals surface area contributed by atoms with Crippen LogP contribution in [0.15, 0.2) is 48.5 Å². The highest BCUT2D eigenvalue weighted by atomic mass is 16.5. The van der Waals surface area contributed by atoms with Crippen LogP contribution in [0.1, 0.15) is 27.6 Å². The van der Waals surface area contributed by atoms with Gasteiger partial charge in [-0.05, 0) is 48.5 Å². The number of carbonyl (C=O) groups is 3. The number of rotatable bonds is 6. The SMILES string of the molecule is COCC(=O)c1ccc(OC(C)=O)cc1.O=C(CO)c1ccc(O)cc1. The van der Waals surface area contributed by atoms with E-state index in [2.05, 4.69) is 0 Å². The Morgan fingerprint density at radius 1 is 0.885 bits per heavy atom. The topological polar surface area (TPSA) is 110 Å². The number of phenolic OH excluding ortho intramolecular Hbond substituents is 1. The summed E-state index contributed by atoms with van der Waals surface area (Å²) < 4.78 is 9.55. The number of ketones is 2. The molecule has 2 aromatic rings. The molecular weight excluding hydrogens is 340 g/mol. The number of phenols is 1. The standard InChI is InChI=1S/C11H12O4.C8H8O3/c1-8(12)15-10-5-3-9(4-6-10)11(13)7-14-2;9-5-8(11)6-1-3-7(10)4-2-6/h3-6H,7H2,1-2H3;1-4,9-10H,5H2. The predicted molar refractivity (Wildman–Crippen MR) is 93.5 cm³/mol. The van der Waals surface area contributed by atoms with Crippen molar-refractivity contribution < 1.29 is 34.1 Å². The van der Waals surface area contributed by atoms with Crippen molar-refractivity contribution in [2.75, 3.05) is 20.3 Å². The normalized spacial score (nSPS) is 9.65. The summed E-state index contributed by atoms with van der Waals surface area (Å²) in [7, 11) is 1.46. The average molecular weight is 360 g/mol. The van der Waals surface area contributed by atoms with Crippen LogP contribution in [0.4, 0.5) is 0 Å². The Balaban J connectivity index is 0.000000273. The van der Waals surface area contributed by atoms with Gasteiger partial charge in [0.25, 0.3) is 0 Å². The highest BCUT2D eigenvalue weighted by Crippen LogP contribution is 2.13. The van der Waals surface area contributed by atoms with Gasteiger partial charge in [0.15, 0.2) is 11.6 Å². The molecule has 0 radical (unpaired) electrons. The zero-order valence-corrected chi connectivity index (χ0v) is 14.5. The Morgan fingerprint density at radius 2 is 1.38 bits per heavy atom. The summed E-state index contributed by atoms with van der Waals surface area (Å²) in [4.78, 5) is 32.8. The highest BCUT2D eigenvalue weighted by molar-refractivity contribution is 5.97. The molecule has 0 bridgehead atoms. The van der Waals surface area contributed by atoms with E-state index in [-0.39, 0.29) is 29.9 Å². The number of ether oxygens (including phenoxy) is 2. The van der Waals surface area contributed by atoms with Gasteiger partial charge >= 0.3 is 5.97 Å². The molecule has 0 spiro atoms. The van der Waals surface area contributed by atoms with Crippen molar-refractivity contribution in [2.45, 2.75) is 6.92 Å². The lowest BCUT2D eigenvalue weighted by atomic mass is 10.1. The van der Waals surface area contributed by atoms with Gasteiger partial charge in [-0.25, -0.2) is 0 Å². The van der Waals surface area contributed by atoms with Crippen LogP contribution in [-0.4, -0.2) is 48.1 Å². The first-order chi connectivity index (χ1) is 12.4. The number of benzene rings is 2. The molecule has 0 saturated carbocycles. The first kappa shape index (κ1) is 21.0. The average Bonchev–Trinajstić information content (AvgIpc) is 2.62. The van der Waals surface area contributed by atoms with Gasteiger partial charge in [-0.15, -0.1) is 0 Å². The summed E-state index contributed by atoms with van der Waals surface area (Å²) in [6.45, 7) is 0.877. The fraction of sp³-hybridized carbons (Fsp3) is 0.211. The van der Waals surface area contributed by atoms with E-state index >= 15 is 0 Å². The maximum atomic E-state index is 11.3. The van der Waals surface area contributed by atoms with Crippen LogP contribution in [0.2, 0.25) is 0 Å². The van der Waals surface area contributed by atoms with Crippen molar-refractivity contribution in [3.05, 3.63) is 59.7 Å². The number of Topliss-reactive ketones (excluding diaryl/α,β-unsaturated/α-hetero) is 2. The molecule has 0 saturated heterocycles. The lowest BCUT2D eigenvalue weighted by Gasteiger charge is -2.02. The number of esters is 1. The largest absolute Gasteiger partial charge is 0.508 e. The van der Waals surface area contributed by atoms with E-state index in [0.717, 1.165) is 0 Å².